The van der Waals surface area contributed by atoms with Crippen molar-refractivity contribution >= 4 is 23.7 Å². The van der Waals surface area contributed by atoms with Gasteiger partial charge < -0.3 is 37.0 Å². The van der Waals surface area contributed by atoms with E-state index in [0.717, 1.165) is 0 Å². The molecular weight excluding hydrogens is 360 g/mol. The number of carboxylic acid groups (broad SMARTS) is 1. The van der Waals surface area contributed by atoms with E-state index < -0.39 is 60.1 Å². The van der Waals surface area contributed by atoms with E-state index in [0.29, 0.717) is 0 Å². The molecule has 0 rings (SSSR count). The zero-order chi connectivity index (χ0) is 21.5. The molecule has 0 aliphatic heterocycles. The Balaban J connectivity index is 5.30. The van der Waals surface area contributed by atoms with Crippen LogP contribution in [0.1, 0.15) is 34.6 Å². The zero-order valence-electron chi connectivity index (χ0n) is 16.1. The number of aliphatic carboxylic acids is 1. The predicted octanol–water partition coefficient (Wildman–Crippen LogP) is -2.71. The third-order valence-electron chi connectivity index (χ3n) is 3.77. The number of aliphatic hydroxyl groups is 2. The lowest BCUT2D eigenvalue weighted by Crippen LogP contribution is -2.61. The molecule has 0 spiro atoms. The Kier molecular flexibility index (Phi) is 9.90. The van der Waals surface area contributed by atoms with Gasteiger partial charge in [0.1, 0.15) is 12.1 Å². The van der Waals surface area contributed by atoms with E-state index in [2.05, 4.69) is 16.0 Å². The molecule has 0 fully saturated rings. The molecule has 11 nitrogen and oxygen atoms in total. The Morgan fingerprint density at radius 3 is 1.41 bits per heavy atom. The molecular formula is C16H30N4O7. The SMILES string of the molecule is CC(N)C(=O)NC(C(=O)NC(C(=O)NC(C(=O)O)C(C)O)C(C)O)C(C)C. The summed E-state index contributed by atoms with van der Waals surface area (Å²) >= 11 is 0. The van der Waals surface area contributed by atoms with Crippen LogP contribution < -0.4 is 21.7 Å². The minimum absolute atomic E-state index is 0.352. The van der Waals surface area contributed by atoms with E-state index in [4.69, 9.17) is 10.8 Å². The Morgan fingerprint density at radius 1 is 0.704 bits per heavy atom. The van der Waals surface area contributed by atoms with Crippen molar-refractivity contribution in [3.63, 3.8) is 0 Å². The molecule has 0 heterocycles. The van der Waals surface area contributed by atoms with E-state index in [9.17, 15) is 29.4 Å². The fraction of sp³-hybridized carbons (Fsp3) is 0.750. The van der Waals surface area contributed by atoms with Gasteiger partial charge in [-0.05, 0) is 26.7 Å². The molecule has 0 aliphatic carbocycles. The molecule has 0 radical (unpaired) electrons. The number of amides is 3. The number of carbonyl (C=O) groups is 4. The maximum Gasteiger partial charge on any atom is 0.328 e. The van der Waals surface area contributed by atoms with Crippen LogP contribution in [0.15, 0.2) is 0 Å². The van der Waals surface area contributed by atoms with E-state index in [-0.39, 0.29) is 5.92 Å². The number of carboxylic acids is 1. The third-order valence-corrected chi connectivity index (χ3v) is 3.77. The van der Waals surface area contributed by atoms with E-state index in [1.54, 1.807) is 13.8 Å². The summed E-state index contributed by atoms with van der Waals surface area (Å²) in [7, 11) is 0. The van der Waals surface area contributed by atoms with Gasteiger partial charge in [-0.2, -0.15) is 0 Å². The highest BCUT2D eigenvalue weighted by Crippen LogP contribution is 2.05. The van der Waals surface area contributed by atoms with Crippen molar-refractivity contribution in [2.45, 2.75) is 71.0 Å². The lowest BCUT2D eigenvalue weighted by atomic mass is 10.0. The molecule has 3 amide bonds. The Hall–Kier alpha value is -2.24. The average molecular weight is 390 g/mol. The second kappa shape index (κ2) is 10.8. The van der Waals surface area contributed by atoms with Gasteiger partial charge in [0.15, 0.2) is 6.04 Å². The predicted molar refractivity (Wildman–Crippen MR) is 95.3 cm³/mol. The number of carbonyl (C=O) groups excluding carboxylic acids is 3. The highest BCUT2D eigenvalue weighted by Gasteiger charge is 2.34. The first-order valence-electron chi connectivity index (χ1n) is 8.55. The molecule has 0 aromatic rings. The van der Waals surface area contributed by atoms with Gasteiger partial charge in [-0.1, -0.05) is 13.8 Å². The molecule has 27 heavy (non-hydrogen) atoms. The van der Waals surface area contributed by atoms with Crippen LogP contribution >= 0.6 is 0 Å². The van der Waals surface area contributed by atoms with Crippen molar-refractivity contribution in [2.24, 2.45) is 11.7 Å². The average Bonchev–Trinajstić information content (AvgIpc) is 2.52. The van der Waals surface area contributed by atoms with Gasteiger partial charge in [0, 0.05) is 0 Å². The van der Waals surface area contributed by atoms with E-state index >= 15 is 0 Å². The Bertz CT molecular complexity index is 549. The van der Waals surface area contributed by atoms with Crippen LogP contribution in [-0.2, 0) is 19.2 Å². The van der Waals surface area contributed by atoms with Crippen LogP contribution in [0.3, 0.4) is 0 Å². The van der Waals surface area contributed by atoms with Gasteiger partial charge in [0.05, 0.1) is 18.2 Å². The van der Waals surface area contributed by atoms with Crippen molar-refractivity contribution in [3.8, 4) is 0 Å². The van der Waals surface area contributed by atoms with Crippen LogP contribution in [0.2, 0.25) is 0 Å². The Morgan fingerprint density at radius 2 is 1.07 bits per heavy atom. The highest BCUT2D eigenvalue weighted by atomic mass is 16.4. The summed E-state index contributed by atoms with van der Waals surface area (Å²) in [5.74, 6) is -4.13. The first kappa shape index (κ1) is 24.8. The number of rotatable bonds is 10. The lowest BCUT2D eigenvalue weighted by molar-refractivity contribution is -0.146. The maximum absolute atomic E-state index is 12.5. The first-order chi connectivity index (χ1) is 12.3. The van der Waals surface area contributed by atoms with Gasteiger partial charge in [-0.25, -0.2) is 4.79 Å². The minimum atomic E-state index is -1.62. The van der Waals surface area contributed by atoms with Crippen molar-refractivity contribution in [3.05, 3.63) is 0 Å². The summed E-state index contributed by atoms with van der Waals surface area (Å²) in [5, 5.41) is 35.1. The molecule has 0 aliphatic rings. The topological polar surface area (TPSA) is 191 Å². The van der Waals surface area contributed by atoms with Crippen molar-refractivity contribution < 1.29 is 34.5 Å². The molecule has 11 heteroatoms. The van der Waals surface area contributed by atoms with Crippen molar-refractivity contribution in [1.29, 1.82) is 0 Å². The fourth-order valence-corrected chi connectivity index (χ4v) is 2.10. The lowest BCUT2D eigenvalue weighted by Gasteiger charge is -2.28. The summed E-state index contributed by atoms with van der Waals surface area (Å²) in [6.07, 6.45) is -2.76. The molecule has 8 N–H and O–H groups in total. The number of aliphatic hydroxyl groups excluding tert-OH is 2. The van der Waals surface area contributed by atoms with Crippen molar-refractivity contribution in [2.75, 3.05) is 0 Å². The monoisotopic (exact) mass is 390 g/mol. The van der Waals surface area contributed by atoms with Gasteiger partial charge in [0.2, 0.25) is 17.7 Å². The second-order valence-electron chi connectivity index (χ2n) is 6.81. The number of nitrogens with one attached hydrogen (secondary N) is 3. The summed E-state index contributed by atoms with van der Waals surface area (Å²) in [5.41, 5.74) is 5.47. The molecule has 156 valence electrons. The second-order valence-corrected chi connectivity index (χ2v) is 6.81. The number of nitrogens with two attached hydrogens (primary N) is 1. The quantitative estimate of drug-likeness (QED) is 0.209. The molecule has 0 saturated carbocycles. The molecule has 0 bridgehead atoms. The van der Waals surface area contributed by atoms with Gasteiger partial charge in [0.25, 0.3) is 0 Å². The van der Waals surface area contributed by atoms with Crippen LogP contribution in [-0.4, -0.2) is 75.4 Å². The standard InChI is InChI=1S/C16H30N4O7/c1-6(2)10(18-13(23)7(3)17)14(24)19-11(8(4)21)15(25)20-12(9(5)22)16(26)27/h6-12,21-22H,17H2,1-5H3,(H,18,23)(H,19,24)(H,20,25)(H,26,27). The summed E-state index contributed by atoms with van der Waals surface area (Å²) in [6.45, 7) is 7.17. The van der Waals surface area contributed by atoms with Crippen LogP contribution in [0.4, 0.5) is 0 Å². The number of hydrogen-bond donors (Lipinski definition) is 7. The smallest absolute Gasteiger partial charge is 0.328 e. The van der Waals surface area contributed by atoms with Crippen LogP contribution in [0.5, 0.6) is 0 Å². The molecule has 0 aromatic heterocycles. The minimum Gasteiger partial charge on any atom is -0.480 e. The third kappa shape index (κ3) is 7.89. The number of hydrogen-bond acceptors (Lipinski definition) is 7. The van der Waals surface area contributed by atoms with Gasteiger partial charge in [-0.3, -0.25) is 14.4 Å². The Labute approximate surface area is 157 Å². The largest absolute Gasteiger partial charge is 0.480 e. The van der Waals surface area contributed by atoms with E-state index in [1.807, 2.05) is 0 Å². The summed E-state index contributed by atoms with van der Waals surface area (Å²) in [4.78, 5) is 47.6. The fourth-order valence-electron chi connectivity index (χ4n) is 2.10. The zero-order valence-corrected chi connectivity index (χ0v) is 16.1. The van der Waals surface area contributed by atoms with Crippen LogP contribution in [0.25, 0.3) is 0 Å². The molecule has 6 unspecified atom stereocenters. The normalized spacial score (nSPS) is 17.8. The first-order valence-corrected chi connectivity index (χ1v) is 8.55. The molecule has 6 atom stereocenters. The summed E-state index contributed by atoms with van der Waals surface area (Å²) < 4.78 is 0. The van der Waals surface area contributed by atoms with Gasteiger partial charge >= 0.3 is 5.97 Å². The summed E-state index contributed by atoms with van der Waals surface area (Å²) in [6, 6.07) is -4.98. The molecule has 0 saturated heterocycles. The highest BCUT2D eigenvalue weighted by molar-refractivity contribution is 5.94. The van der Waals surface area contributed by atoms with Crippen LogP contribution in [0, 0.1) is 5.92 Å². The van der Waals surface area contributed by atoms with Crippen molar-refractivity contribution in [1.82, 2.24) is 16.0 Å². The maximum atomic E-state index is 12.5. The van der Waals surface area contributed by atoms with E-state index in [1.165, 1.54) is 20.8 Å². The van der Waals surface area contributed by atoms with Gasteiger partial charge in [-0.15, -0.1) is 0 Å². The molecule has 0 aromatic carbocycles.